The summed E-state index contributed by atoms with van der Waals surface area (Å²) < 4.78 is 0. The number of hydrogen-bond donors (Lipinski definition) is 1. The molecule has 0 amide bonds. The average Bonchev–Trinajstić information content (AvgIpc) is 2.47. The molecule has 1 heterocycles. The molecule has 0 saturated heterocycles. The normalized spacial score (nSPS) is 9.86. The van der Waals surface area contributed by atoms with Crippen LogP contribution in [0.25, 0.3) is 0 Å². The first-order valence-corrected chi connectivity index (χ1v) is 3.82. The van der Waals surface area contributed by atoms with Gasteiger partial charge in [0.05, 0.1) is 10.6 Å². The van der Waals surface area contributed by atoms with Crippen molar-refractivity contribution in [1.82, 2.24) is 4.98 Å². The van der Waals surface area contributed by atoms with Gasteiger partial charge < -0.3 is 4.98 Å². The predicted octanol–water partition coefficient (Wildman–Crippen LogP) is 1.33. The molecule has 1 N–H and O–H groups in total. The maximum Gasteiger partial charge on any atom is 0.298 e. The molecular formula is C8H8N2O4. The minimum Gasteiger partial charge on any atom is -0.344 e. The van der Waals surface area contributed by atoms with Crippen LogP contribution in [-0.2, 0) is 0 Å². The summed E-state index contributed by atoms with van der Waals surface area (Å²) in [5.41, 5.74) is -0.426. The van der Waals surface area contributed by atoms with Crippen molar-refractivity contribution in [2.45, 2.75) is 13.8 Å². The van der Waals surface area contributed by atoms with Crippen molar-refractivity contribution in [3.05, 3.63) is 27.6 Å². The number of nitro groups is 1. The molecule has 0 radical (unpaired) electrons. The van der Waals surface area contributed by atoms with E-state index in [0.29, 0.717) is 0 Å². The van der Waals surface area contributed by atoms with E-state index in [4.69, 9.17) is 0 Å². The van der Waals surface area contributed by atoms with E-state index in [0.717, 1.165) is 6.07 Å². The second kappa shape index (κ2) is 3.41. The van der Waals surface area contributed by atoms with Gasteiger partial charge in [-0.2, -0.15) is 0 Å². The van der Waals surface area contributed by atoms with Crippen LogP contribution < -0.4 is 0 Å². The molecule has 0 aliphatic rings. The predicted molar refractivity (Wildman–Crippen MR) is 47.5 cm³/mol. The van der Waals surface area contributed by atoms with E-state index in [2.05, 4.69) is 4.98 Å². The van der Waals surface area contributed by atoms with Crippen LogP contribution >= 0.6 is 0 Å². The standard InChI is InChI=1S/C8H8N2O4/c1-4(11)6-3-7(10(13)14)8(9-6)5(2)12/h3,9H,1-2H3. The molecule has 1 aromatic heterocycles. The number of hydrogen-bond acceptors (Lipinski definition) is 4. The maximum absolute atomic E-state index is 11.0. The van der Waals surface area contributed by atoms with Crippen molar-refractivity contribution in [1.29, 1.82) is 0 Å². The van der Waals surface area contributed by atoms with Crippen LogP contribution in [0.5, 0.6) is 0 Å². The average molecular weight is 196 g/mol. The Hall–Kier alpha value is -1.98. The van der Waals surface area contributed by atoms with Gasteiger partial charge >= 0.3 is 0 Å². The Bertz CT molecular complexity index is 387. The molecule has 0 bridgehead atoms. The Labute approximate surface area is 79.1 Å². The van der Waals surface area contributed by atoms with Gasteiger partial charge in [0.1, 0.15) is 0 Å². The van der Waals surface area contributed by atoms with Crippen LogP contribution in [0, 0.1) is 10.1 Å². The highest BCUT2D eigenvalue weighted by molar-refractivity contribution is 6.00. The van der Waals surface area contributed by atoms with Crippen LogP contribution in [0.3, 0.4) is 0 Å². The Morgan fingerprint density at radius 2 is 1.93 bits per heavy atom. The molecule has 6 nitrogen and oxygen atoms in total. The first-order chi connectivity index (χ1) is 6.43. The fraction of sp³-hybridized carbons (Fsp3) is 0.250. The zero-order chi connectivity index (χ0) is 10.9. The monoisotopic (exact) mass is 196 g/mol. The van der Waals surface area contributed by atoms with Crippen LogP contribution in [0.15, 0.2) is 6.07 Å². The smallest absolute Gasteiger partial charge is 0.298 e. The van der Waals surface area contributed by atoms with Crippen molar-refractivity contribution in [3.63, 3.8) is 0 Å². The first-order valence-electron chi connectivity index (χ1n) is 3.82. The lowest BCUT2D eigenvalue weighted by Gasteiger charge is -1.89. The number of H-pyrrole nitrogens is 1. The zero-order valence-corrected chi connectivity index (χ0v) is 7.66. The highest BCUT2D eigenvalue weighted by atomic mass is 16.6. The van der Waals surface area contributed by atoms with E-state index < -0.39 is 10.7 Å². The van der Waals surface area contributed by atoms with Gasteiger partial charge in [-0.25, -0.2) is 0 Å². The second-order valence-electron chi connectivity index (χ2n) is 2.81. The maximum atomic E-state index is 11.0. The molecule has 0 atom stereocenters. The summed E-state index contributed by atoms with van der Waals surface area (Å²) in [4.78, 5) is 34.1. The molecule has 14 heavy (non-hydrogen) atoms. The molecule has 0 aliphatic heterocycles. The van der Waals surface area contributed by atoms with Crippen LogP contribution in [0.2, 0.25) is 0 Å². The number of Topliss-reactive ketones (excluding diaryl/α,β-unsaturated/α-hetero) is 2. The quantitative estimate of drug-likeness (QED) is 0.448. The van der Waals surface area contributed by atoms with E-state index in [1.807, 2.05) is 0 Å². The second-order valence-corrected chi connectivity index (χ2v) is 2.81. The van der Waals surface area contributed by atoms with Gasteiger partial charge in [-0.15, -0.1) is 0 Å². The van der Waals surface area contributed by atoms with E-state index in [1.54, 1.807) is 0 Å². The van der Waals surface area contributed by atoms with Gasteiger partial charge in [0.25, 0.3) is 5.69 Å². The largest absolute Gasteiger partial charge is 0.344 e. The van der Waals surface area contributed by atoms with Crippen LogP contribution in [0.1, 0.15) is 34.8 Å². The summed E-state index contributed by atoms with van der Waals surface area (Å²) in [5.74, 6) is -0.815. The summed E-state index contributed by atoms with van der Waals surface area (Å²) in [6.45, 7) is 2.46. The minimum atomic E-state index is -0.695. The van der Waals surface area contributed by atoms with Crippen LogP contribution in [-0.4, -0.2) is 21.5 Å². The number of aromatic amines is 1. The van der Waals surface area contributed by atoms with Crippen molar-refractivity contribution in [2.24, 2.45) is 0 Å². The molecule has 0 saturated carbocycles. The Kier molecular flexibility index (Phi) is 2.46. The van der Waals surface area contributed by atoms with Crippen LogP contribution in [0.4, 0.5) is 5.69 Å². The zero-order valence-electron chi connectivity index (χ0n) is 7.66. The number of carbonyl (C=O) groups is 2. The lowest BCUT2D eigenvalue weighted by Crippen LogP contribution is -1.99. The molecule has 0 fully saturated rings. The van der Waals surface area contributed by atoms with Crippen molar-refractivity contribution < 1.29 is 14.5 Å². The number of rotatable bonds is 3. The Morgan fingerprint density at radius 1 is 1.36 bits per heavy atom. The molecule has 0 spiro atoms. The van der Waals surface area contributed by atoms with E-state index in [-0.39, 0.29) is 22.9 Å². The summed E-state index contributed by atoms with van der Waals surface area (Å²) in [7, 11) is 0. The number of nitrogens with zero attached hydrogens (tertiary/aromatic N) is 1. The van der Waals surface area contributed by atoms with Gasteiger partial charge in [0.15, 0.2) is 17.3 Å². The number of aromatic nitrogens is 1. The molecule has 0 unspecified atom stereocenters. The lowest BCUT2D eigenvalue weighted by atomic mass is 10.3. The SMILES string of the molecule is CC(=O)c1cc([N+](=O)[O-])c(C(C)=O)[nH]1. The number of nitrogens with one attached hydrogen (secondary N) is 1. The number of ketones is 2. The highest BCUT2D eigenvalue weighted by Gasteiger charge is 2.22. The minimum absolute atomic E-state index is 0.0712. The summed E-state index contributed by atoms with van der Waals surface area (Å²) in [5, 5.41) is 10.5. The van der Waals surface area contributed by atoms with Crippen molar-refractivity contribution >= 4 is 17.3 Å². The van der Waals surface area contributed by atoms with E-state index in [9.17, 15) is 19.7 Å². The van der Waals surface area contributed by atoms with Gasteiger partial charge in [-0.1, -0.05) is 0 Å². The first kappa shape index (κ1) is 10.1. The van der Waals surface area contributed by atoms with Gasteiger partial charge in [-0.05, 0) is 0 Å². The third kappa shape index (κ3) is 1.68. The third-order valence-corrected chi connectivity index (χ3v) is 1.72. The fourth-order valence-electron chi connectivity index (χ4n) is 1.05. The molecule has 74 valence electrons. The van der Waals surface area contributed by atoms with Gasteiger partial charge in [-0.3, -0.25) is 19.7 Å². The van der Waals surface area contributed by atoms with Crippen molar-refractivity contribution in [3.8, 4) is 0 Å². The Balaban J connectivity index is 3.33. The molecule has 0 aromatic carbocycles. The fourth-order valence-corrected chi connectivity index (χ4v) is 1.05. The molecule has 0 aliphatic carbocycles. The molecule has 1 aromatic rings. The highest BCUT2D eigenvalue weighted by Crippen LogP contribution is 2.20. The van der Waals surface area contributed by atoms with Gasteiger partial charge in [0.2, 0.25) is 0 Å². The summed E-state index contributed by atoms with van der Waals surface area (Å²) in [6.07, 6.45) is 0. The third-order valence-electron chi connectivity index (χ3n) is 1.72. The van der Waals surface area contributed by atoms with E-state index in [1.165, 1.54) is 13.8 Å². The summed E-state index contributed by atoms with van der Waals surface area (Å²) in [6, 6.07) is 1.07. The van der Waals surface area contributed by atoms with E-state index >= 15 is 0 Å². The van der Waals surface area contributed by atoms with Crippen molar-refractivity contribution in [2.75, 3.05) is 0 Å². The molecule has 1 rings (SSSR count). The topological polar surface area (TPSA) is 93.1 Å². The molecular weight excluding hydrogens is 188 g/mol. The Morgan fingerprint density at radius 3 is 2.21 bits per heavy atom. The lowest BCUT2D eigenvalue weighted by molar-refractivity contribution is -0.385. The number of carbonyl (C=O) groups excluding carboxylic acids is 2. The summed E-state index contributed by atoms with van der Waals surface area (Å²) >= 11 is 0. The molecule has 6 heteroatoms. The van der Waals surface area contributed by atoms with Gasteiger partial charge in [0, 0.05) is 19.9 Å².